The molecule has 0 saturated heterocycles. The fourth-order valence-electron chi connectivity index (χ4n) is 2.51. The molecule has 3 aromatic carbocycles. The number of anilines is 2. The zero-order valence-electron chi connectivity index (χ0n) is 15.8. The van der Waals surface area contributed by atoms with Gasteiger partial charge in [-0.25, -0.2) is 13.1 Å². The monoisotopic (exact) mass is 456 g/mol. The number of sulfonamides is 1. The SMILES string of the molecule is O=C(NS(=O)(=O)c1ccc(NC(=S)Nc2ccc([N+](=O)[O-])cc2)cc1)c1ccccc1. The summed E-state index contributed by atoms with van der Waals surface area (Å²) in [6.07, 6.45) is 0. The minimum Gasteiger partial charge on any atom is -0.332 e. The molecule has 3 N–H and O–H groups in total. The van der Waals surface area contributed by atoms with Gasteiger partial charge in [0.25, 0.3) is 21.6 Å². The molecule has 0 fully saturated rings. The smallest absolute Gasteiger partial charge is 0.269 e. The van der Waals surface area contributed by atoms with Crippen LogP contribution in [0.4, 0.5) is 17.1 Å². The van der Waals surface area contributed by atoms with Gasteiger partial charge in [0.2, 0.25) is 0 Å². The van der Waals surface area contributed by atoms with E-state index in [0.717, 1.165) is 0 Å². The summed E-state index contributed by atoms with van der Waals surface area (Å²) in [5.74, 6) is -0.726. The minimum atomic E-state index is -4.04. The molecule has 0 aromatic heterocycles. The molecule has 158 valence electrons. The van der Waals surface area contributed by atoms with Crippen LogP contribution in [-0.4, -0.2) is 24.4 Å². The third kappa shape index (κ3) is 5.84. The maximum absolute atomic E-state index is 12.4. The second-order valence-corrected chi connectivity index (χ2v) is 8.30. The molecule has 31 heavy (non-hydrogen) atoms. The molecule has 0 aliphatic rings. The Kier molecular flexibility index (Phi) is 6.58. The first-order valence-electron chi connectivity index (χ1n) is 8.79. The van der Waals surface area contributed by atoms with Gasteiger partial charge in [-0.15, -0.1) is 0 Å². The van der Waals surface area contributed by atoms with E-state index < -0.39 is 20.9 Å². The fourth-order valence-corrected chi connectivity index (χ4v) is 3.72. The van der Waals surface area contributed by atoms with Crippen LogP contribution in [-0.2, 0) is 10.0 Å². The van der Waals surface area contributed by atoms with Crippen molar-refractivity contribution >= 4 is 50.3 Å². The largest absolute Gasteiger partial charge is 0.332 e. The first-order valence-corrected chi connectivity index (χ1v) is 10.7. The van der Waals surface area contributed by atoms with Crippen molar-refractivity contribution in [2.24, 2.45) is 0 Å². The quantitative estimate of drug-likeness (QED) is 0.292. The first kappa shape index (κ1) is 21.9. The molecule has 0 spiro atoms. The highest BCUT2D eigenvalue weighted by Gasteiger charge is 2.18. The van der Waals surface area contributed by atoms with Crippen molar-refractivity contribution in [3.8, 4) is 0 Å². The summed E-state index contributed by atoms with van der Waals surface area (Å²) in [6, 6.07) is 19.4. The standard InChI is InChI=1S/C20H16N4O5S2/c25-19(14-4-2-1-3-5-14)23-31(28,29)18-12-8-16(9-13-18)22-20(30)21-15-6-10-17(11-7-15)24(26)27/h1-13H,(H,23,25)(H2,21,22,30). The molecule has 1 amide bonds. The lowest BCUT2D eigenvalue weighted by Crippen LogP contribution is -2.30. The molecule has 11 heteroatoms. The van der Waals surface area contributed by atoms with Crippen molar-refractivity contribution < 1.29 is 18.1 Å². The van der Waals surface area contributed by atoms with Crippen LogP contribution in [0.3, 0.4) is 0 Å². The second kappa shape index (κ2) is 9.32. The van der Waals surface area contributed by atoms with Gasteiger partial charge in [0.05, 0.1) is 9.82 Å². The van der Waals surface area contributed by atoms with Crippen LogP contribution in [0.5, 0.6) is 0 Å². The Morgan fingerprint density at radius 3 is 1.87 bits per heavy atom. The van der Waals surface area contributed by atoms with E-state index >= 15 is 0 Å². The van der Waals surface area contributed by atoms with E-state index in [1.165, 1.54) is 60.7 Å². The molecule has 0 heterocycles. The highest BCUT2D eigenvalue weighted by Crippen LogP contribution is 2.17. The zero-order valence-corrected chi connectivity index (χ0v) is 17.4. The van der Waals surface area contributed by atoms with Crippen LogP contribution in [0.25, 0.3) is 0 Å². The highest BCUT2D eigenvalue weighted by atomic mass is 32.2. The van der Waals surface area contributed by atoms with E-state index in [4.69, 9.17) is 12.2 Å². The van der Waals surface area contributed by atoms with Crippen molar-refractivity contribution in [2.75, 3.05) is 10.6 Å². The van der Waals surface area contributed by atoms with E-state index in [1.54, 1.807) is 18.2 Å². The van der Waals surface area contributed by atoms with Crippen molar-refractivity contribution in [3.63, 3.8) is 0 Å². The Labute approximate surface area is 183 Å². The van der Waals surface area contributed by atoms with Crippen molar-refractivity contribution in [3.05, 3.63) is 94.5 Å². The average Bonchev–Trinajstić information content (AvgIpc) is 2.74. The predicted octanol–water partition coefficient (Wildman–Crippen LogP) is 3.52. The highest BCUT2D eigenvalue weighted by molar-refractivity contribution is 7.90. The molecule has 0 saturated carbocycles. The van der Waals surface area contributed by atoms with Gasteiger partial charge in [-0.1, -0.05) is 18.2 Å². The van der Waals surface area contributed by atoms with E-state index in [-0.39, 0.29) is 21.3 Å². The summed E-state index contributed by atoms with van der Waals surface area (Å²) >= 11 is 5.19. The van der Waals surface area contributed by atoms with Crippen LogP contribution in [0.2, 0.25) is 0 Å². The molecule has 0 radical (unpaired) electrons. The summed E-state index contributed by atoms with van der Waals surface area (Å²) in [7, 11) is -4.04. The van der Waals surface area contributed by atoms with Gasteiger partial charge in [0, 0.05) is 29.1 Å². The number of nitrogens with one attached hydrogen (secondary N) is 3. The molecule has 0 atom stereocenters. The van der Waals surface area contributed by atoms with Gasteiger partial charge in [-0.2, -0.15) is 0 Å². The maximum atomic E-state index is 12.4. The van der Waals surface area contributed by atoms with Gasteiger partial charge < -0.3 is 10.6 Å². The second-order valence-electron chi connectivity index (χ2n) is 6.21. The predicted molar refractivity (Wildman–Crippen MR) is 120 cm³/mol. The van der Waals surface area contributed by atoms with Gasteiger partial charge in [-0.05, 0) is 60.7 Å². The molecule has 0 aliphatic heterocycles. The summed E-state index contributed by atoms with van der Waals surface area (Å²) in [5, 5.41) is 16.6. The van der Waals surface area contributed by atoms with Gasteiger partial charge in [0.1, 0.15) is 0 Å². The van der Waals surface area contributed by atoms with Gasteiger partial charge >= 0.3 is 0 Å². The van der Waals surface area contributed by atoms with Crippen LogP contribution in [0.15, 0.2) is 83.8 Å². The number of hydrogen-bond donors (Lipinski definition) is 3. The number of carbonyl (C=O) groups is 1. The van der Waals surface area contributed by atoms with Crippen LogP contribution < -0.4 is 15.4 Å². The van der Waals surface area contributed by atoms with Crippen molar-refractivity contribution in [1.82, 2.24) is 4.72 Å². The molecule has 3 rings (SSSR count). The lowest BCUT2D eigenvalue weighted by Gasteiger charge is -2.11. The van der Waals surface area contributed by atoms with Gasteiger partial charge in [-0.3, -0.25) is 14.9 Å². The van der Waals surface area contributed by atoms with Crippen molar-refractivity contribution in [2.45, 2.75) is 4.90 Å². The maximum Gasteiger partial charge on any atom is 0.269 e. The third-order valence-electron chi connectivity index (χ3n) is 4.02. The van der Waals surface area contributed by atoms with Crippen LogP contribution in [0.1, 0.15) is 10.4 Å². The summed E-state index contributed by atoms with van der Waals surface area (Å²) in [6.45, 7) is 0. The number of hydrogen-bond acceptors (Lipinski definition) is 6. The number of carbonyl (C=O) groups excluding carboxylic acids is 1. The Bertz CT molecular complexity index is 1210. The third-order valence-corrected chi connectivity index (χ3v) is 5.57. The van der Waals surface area contributed by atoms with Crippen LogP contribution >= 0.6 is 12.2 Å². The number of amides is 1. The number of nitro benzene ring substituents is 1. The fraction of sp³-hybridized carbons (Fsp3) is 0. The lowest BCUT2D eigenvalue weighted by molar-refractivity contribution is -0.384. The Morgan fingerprint density at radius 1 is 0.839 bits per heavy atom. The number of thiocarbonyl (C=S) groups is 1. The summed E-state index contributed by atoms with van der Waals surface area (Å²) < 4.78 is 26.9. The number of benzene rings is 3. The van der Waals surface area contributed by atoms with E-state index in [0.29, 0.717) is 11.4 Å². The number of nitrogens with zero attached hydrogens (tertiary/aromatic N) is 1. The Balaban J connectivity index is 1.62. The normalized spacial score (nSPS) is 10.7. The lowest BCUT2D eigenvalue weighted by atomic mass is 10.2. The van der Waals surface area contributed by atoms with E-state index in [2.05, 4.69) is 10.6 Å². The van der Waals surface area contributed by atoms with Crippen LogP contribution in [0, 0.1) is 10.1 Å². The molecule has 0 unspecified atom stereocenters. The number of rotatable bonds is 6. The molecule has 3 aromatic rings. The topological polar surface area (TPSA) is 130 Å². The summed E-state index contributed by atoms with van der Waals surface area (Å²) in [4.78, 5) is 22.2. The zero-order chi connectivity index (χ0) is 22.4. The summed E-state index contributed by atoms with van der Waals surface area (Å²) in [5.41, 5.74) is 1.24. The van der Waals surface area contributed by atoms with Gasteiger partial charge in [0.15, 0.2) is 5.11 Å². The first-order chi connectivity index (χ1) is 14.7. The Morgan fingerprint density at radius 2 is 1.35 bits per heavy atom. The number of non-ortho nitro benzene ring substituents is 1. The van der Waals surface area contributed by atoms with Crippen molar-refractivity contribution in [1.29, 1.82) is 0 Å². The number of nitro groups is 1. The van der Waals surface area contributed by atoms with E-state index in [1.807, 2.05) is 4.72 Å². The molecule has 0 aliphatic carbocycles. The Hall–Kier alpha value is -3.83. The average molecular weight is 457 g/mol. The minimum absolute atomic E-state index is 0.0411. The van der Waals surface area contributed by atoms with E-state index in [9.17, 15) is 23.3 Å². The molecule has 9 nitrogen and oxygen atoms in total. The molecular formula is C20H16N4O5S2. The molecular weight excluding hydrogens is 440 g/mol. The molecule has 0 bridgehead atoms.